The molecule has 0 bridgehead atoms. The molecule has 52 valence electrons. The topological polar surface area (TPSA) is 74.6 Å². The van der Waals surface area contributed by atoms with Crippen molar-refractivity contribution in [3.05, 3.63) is 0 Å². The van der Waals surface area contributed by atoms with Crippen molar-refractivity contribution < 1.29 is 19.8 Å². The monoisotopic (exact) mass is 132 g/mol. The lowest BCUT2D eigenvalue weighted by Crippen LogP contribution is -2.17. The molecule has 4 nitrogen and oxygen atoms in total. The average molecular weight is 132 g/mol. The SMILES string of the molecule is O=CC(=O)CC(O)CO. The second kappa shape index (κ2) is 4.17. The molecule has 0 aliphatic carbocycles. The van der Waals surface area contributed by atoms with Crippen molar-refractivity contribution >= 4 is 12.1 Å². The van der Waals surface area contributed by atoms with Gasteiger partial charge in [-0.2, -0.15) is 0 Å². The van der Waals surface area contributed by atoms with E-state index in [4.69, 9.17) is 10.2 Å². The highest BCUT2D eigenvalue weighted by Crippen LogP contribution is 1.88. The molecule has 0 radical (unpaired) electrons. The van der Waals surface area contributed by atoms with Crippen LogP contribution in [-0.2, 0) is 9.59 Å². The number of ketones is 1. The lowest BCUT2D eigenvalue weighted by molar-refractivity contribution is -0.131. The molecule has 0 aromatic carbocycles. The fourth-order valence-electron chi connectivity index (χ4n) is 0.345. The van der Waals surface area contributed by atoms with Crippen LogP contribution in [0, 0.1) is 0 Å². The van der Waals surface area contributed by atoms with Crippen LogP contribution in [-0.4, -0.2) is 35.0 Å². The minimum atomic E-state index is -1.09. The Balaban J connectivity index is 3.46. The van der Waals surface area contributed by atoms with Gasteiger partial charge in [0.2, 0.25) is 0 Å². The molecule has 0 heterocycles. The van der Waals surface area contributed by atoms with Gasteiger partial charge in [-0.3, -0.25) is 9.59 Å². The molecule has 0 saturated carbocycles. The van der Waals surface area contributed by atoms with Gasteiger partial charge < -0.3 is 10.2 Å². The standard InChI is InChI=1S/C5H8O4/c6-2-4(8)1-5(9)3-7/h2,5,7,9H,1,3H2. The van der Waals surface area contributed by atoms with Crippen LogP contribution in [0.5, 0.6) is 0 Å². The van der Waals surface area contributed by atoms with E-state index in [1.54, 1.807) is 0 Å². The zero-order valence-electron chi connectivity index (χ0n) is 4.78. The summed E-state index contributed by atoms with van der Waals surface area (Å²) in [6, 6.07) is 0. The van der Waals surface area contributed by atoms with E-state index >= 15 is 0 Å². The summed E-state index contributed by atoms with van der Waals surface area (Å²) in [6.07, 6.45) is -1.26. The molecule has 0 amide bonds. The van der Waals surface area contributed by atoms with Crippen molar-refractivity contribution in [1.82, 2.24) is 0 Å². The lowest BCUT2D eigenvalue weighted by atomic mass is 10.2. The van der Waals surface area contributed by atoms with Crippen molar-refractivity contribution in [2.24, 2.45) is 0 Å². The third-order valence-electron chi connectivity index (χ3n) is 0.779. The Morgan fingerprint density at radius 2 is 2.22 bits per heavy atom. The quantitative estimate of drug-likeness (QED) is 0.360. The first-order valence-corrected chi connectivity index (χ1v) is 2.47. The molecular formula is C5H8O4. The van der Waals surface area contributed by atoms with E-state index in [0.717, 1.165) is 0 Å². The van der Waals surface area contributed by atoms with Crippen molar-refractivity contribution in [2.45, 2.75) is 12.5 Å². The third kappa shape index (κ3) is 3.81. The minimum Gasteiger partial charge on any atom is -0.394 e. The number of aliphatic hydroxyl groups excluding tert-OH is 2. The average Bonchev–Trinajstić information content (AvgIpc) is 1.87. The highest BCUT2D eigenvalue weighted by molar-refractivity contribution is 6.25. The number of hydrogen-bond acceptors (Lipinski definition) is 4. The molecule has 1 unspecified atom stereocenters. The Morgan fingerprint density at radius 3 is 2.56 bits per heavy atom. The molecule has 0 aliphatic heterocycles. The molecule has 2 N–H and O–H groups in total. The molecule has 0 fully saturated rings. The van der Waals surface area contributed by atoms with E-state index in [1.165, 1.54) is 0 Å². The molecule has 9 heavy (non-hydrogen) atoms. The minimum absolute atomic E-state index is 0.124. The van der Waals surface area contributed by atoms with Crippen LogP contribution in [0.3, 0.4) is 0 Å². The molecule has 1 atom stereocenters. The van der Waals surface area contributed by atoms with E-state index in [2.05, 4.69) is 0 Å². The van der Waals surface area contributed by atoms with E-state index in [0.29, 0.717) is 0 Å². The molecule has 0 spiro atoms. The first kappa shape index (κ1) is 8.26. The summed E-state index contributed by atoms with van der Waals surface area (Å²) in [4.78, 5) is 19.8. The molecule has 0 saturated heterocycles. The van der Waals surface area contributed by atoms with Crippen LogP contribution < -0.4 is 0 Å². The zero-order valence-corrected chi connectivity index (χ0v) is 4.78. The van der Waals surface area contributed by atoms with Gasteiger partial charge in [-0.25, -0.2) is 0 Å². The zero-order chi connectivity index (χ0) is 7.28. The first-order valence-electron chi connectivity index (χ1n) is 2.47. The van der Waals surface area contributed by atoms with Crippen LogP contribution in [0.25, 0.3) is 0 Å². The van der Waals surface area contributed by atoms with Gasteiger partial charge in [0.05, 0.1) is 12.7 Å². The first-order chi connectivity index (χ1) is 4.20. The summed E-state index contributed by atoms with van der Waals surface area (Å²) < 4.78 is 0. The molecule has 4 heteroatoms. The third-order valence-corrected chi connectivity index (χ3v) is 0.779. The fraction of sp³-hybridized carbons (Fsp3) is 0.600. The molecule has 0 rings (SSSR count). The number of carbonyl (C=O) groups is 2. The Kier molecular flexibility index (Phi) is 3.83. The fourth-order valence-corrected chi connectivity index (χ4v) is 0.345. The van der Waals surface area contributed by atoms with E-state index in [9.17, 15) is 9.59 Å². The van der Waals surface area contributed by atoms with E-state index < -0.39 is 18.5 Å². The van der Waals surface area contributed by atoms with Crippen LogP contribution in [0.1, 0.15) is 6.42 Å². The lowest BCUT2D eigenvalue weighted by Gasteiger charge is -2.00. The molecule has 0 aliphatic rings. The number of Topliss-reactive ketones (excluding diaryl/α,β-unsaturated/α-hetero) is 1. The van der Waals surface area contributed by atoms with Crippen molar-refractivity contribution in [1.29, 1.82) is 0 Å². The predicted molar refractivity (Wildman–Crippen MR) is 28.8 cm³/mol. The van der Waals surface area contributed by atoms with Crippen molar-refractivity contribution in [3.8, 4) is 0 Å². The highest BCUT2D eigenvalue weighted by Gasteiger charge is 2.07. The van der Waals surface area contributed by atoms with Crippen LogP contribution in [0.4, 0.5) is 0 Å². The van der Waals surface area contributed by atoms with Crippen molar-refractivity contribution in [3.63, 3.8) is 0 Å². The van der Waals surface area contributed by atoms with Gasteiger partial charge in [-0.1, -0.05) is 0 Å². The molecule has 0 aromatic rings. The van der Waals surface area contributed by atoms with Crippen LogP contribution in [0.2, 0.25) is 0 Å². The summed E-state index contributed by atoms with van der Waals surface area (Å²) in [5.41, 5.74) is 0. The predicted octanol–water partition coefficient (Wildman–Crippen LogP) is -1.50. The van der Waals surface area contributed by atoms with Gasteiger partial charge >= 0.3 is 0 Å². The maximum absolute atomic E-state index is 10.1. The van der Waals surface area contributed by atoms with E-state index in [-0.39, 0.29) is 12.7 Å². The van der Waals surface area contributed by atoms with Crippen LogP contribution in [0.15, 0.2) is 0 Å². The number of aldehydes is 1. The van der Waals surface area contributed by atoms with Crippen molar-refractivity contribution in [2.75, 3.05) is 6.61 Å². The summed E-state index contributed by atoms with van der Waals surface area (Å²) in [6.45, 7) is -0.487. The van der Waals surface area contributed by atoms with Gasteiger partial charge in [-0.05, 0) is 0 Å². The summed E-state index contributed by atoms with van der Waals surface area (Å²) in [5, 5.41) is 16.7. The molecular weight excluding hydrogens is 124 g/mol. The van der Waals surface area contributed by atoms with E-state index in [1.807, 2.05) is 0 Å². The van der Waals surface area contributed by atoms with Crippen LogP contribution >= 0.6 is 0 Å². The van der Waals surface area contributed by atoms with Gasteiger partial charge in [-0.15, -0.1) is 0 Å². The Bertz CT molecular complexity index is 110. The summed E-state index contributed by atoms with van der Waals surface area (Å²) >= 11 is 0. The normalized spacial score (nSPS) is 12.7. The van der Waals surface area contributed by atoms with Gasteiger partial charge in [0.15, 0.2) is 12.1 Å². The summed E-state index contributed by atoms with van der Waals surface area (Å²) in [5.74, 6) is -0.698. The number of carbonyl (C=O) groups excluding carboxylic acids is 2. The second-order valence-corrected chi connectivity index (χ2v) is 1.62. The number of hydrogen-bond donors (Lipinski definition) is 2. The highest BCUT2D eigenvalue weighted by atomic mass is 16.3. The Hall–Kier alpha value is -0.740. The maximum atomic E-state index is 10.1. The Morgan fingerprint density at radius 1 is 1.67 bits per heavy atom. The number of aliphatic hydroxyl groups is 2. The molecule has 0 aromatic heterocycles. The largest absolute Gasteiger partial charge is 0.394 e. The van der Waals surface area contributed by atoms with Gasteiger partial charge in [0.25, 0.3) is 0 Å². The number of rotatable bonds is 4. The maximum Gasteiger partial charge on any atom is 0.197 e. The Labute approximate surface area is 52.1 Å². The summed E-state index contributed by atoms with van der Waals surface area (Å²) in [7, 11) is 0. The van der Waals surface area contributed by atoms with Gasteiger partial charge in [0, 0.05) is 6.42 Å². The second-order valence-electron chi connectivity index (χ2n) is 1.62. The van der Waals surface area contributed by atoms with Gasteiger partial charge in [0.1, 0.15) is 0 Å². The smallest absolute Gasteiger partial charge is 0.197 e.